The maximum atomic E-state index is 11.9. The van der Waals surface area contributed by atoms with Gasteiger partial charge in [0, 0.05) is 51.7 Å². The molecule has 2 fully saturated rings. The molecule has 2 aliphatic rings. The zero-order chi connectivity index (χ0) is 12.1. The summed E-state index contributed by atoms with van der Waals surface area (Å²) in [6.45, 7) is 8.55. The number of nitrogens with one attached hydrogen (secondary N) is 1. The molecule has 0 aromatic carbocycles. The zero-order valence-corrected chi connectivity index (χ0v) is 11.0. The van der Waals surface area contributed by atoms with E-state index < -0.39 is 0 Å². The largest absolute Gasteiger partial charge is 0.341 e. The van der Waals surface area contributed by atoms with Gasteiger partial charge in [0.05, 0.1) is 0 Å². The van der Waals surface area contributed by atoms with Gasteiger partial charge in [-0.3, -0.25) is 9.69 Å². The summed E-state index contributed by atoms with van der Waals surface area (Å²) in [7, 11) is 0. The monoisotopic (exact) mass is 239 g/mol. The van der Waals surface area contributed by atoms with Crippen molar-refractivity contribution in [2.24, 2.45) is 0 Å². The van der Waals surface area contributed by atoms with E-state index in [9.17, 15) is 4.79 Å². The molecule has 98 valence electrons. The van der Waals surface area contributed by atoms with Gasteiger partial charge in [-0.25, -0.2) is 0 Å². The topological polar surface area (TPSA) is 35.6 Å². The minimum absolute atomic E-state index is 0.365. The van der Waals surface area contributed by atoms with E-state index in [2.05, 4.69) is 22.0 Å². The lowest BCUT2D eigenvalue weighted by Gasteiger charge is -2.32. The van der Waals surface area contributed by atoms with Crippen LogP contribution in [0.4, 0.5) is 0 Å². The SMILES string of the molecule is CCCCC(=O)N1CCC(N2CCNCC2)C1. The van der Waals surface area contributed by atoms with Crippen molar-refractivity contribution >= 4 is 5.91 Å². The van der Waals surface area contributed by atoms with Gasteiger partial charge in [0.2, 0.25) is 5.91 Å². The summed E-state index contributed by atoms with van der Waals surface area (Å²) < 4.78 is 0. The first kappa shape index (κ1) is 12.8. The van der Waals surface area contributed by atoms with E-state index in [1.807, 2.05) is 0 Å². The van der Waals surface area contributed by atoms with Crippen LogP contribution < -0.4 is 5.32 Å². The van der Waals surface area contributed by atoms with E-state index >= 15 is 0 Å². The molecule has 4 heteroatoms. The fourth-order valence-electron chi connectivity index (χ4n) is 2.80. The maximum Gasteiger partial charge on any atom is 0.222 e. The molecule has 2 saturated heterocycles. The van der Waals surface area contributed by atoms with Crippen LogP contribution >= 0.6 is 0 Å². The molecule has 0 aromatic rings. The Morgan fingerprint density at radius 3 is 2.76 bits per heavy atom. The van der Waals surface area contributed by atoms with Crippen molar-refractivity contribution in [2.75, 3.05) is 39.3 Å². The Kier molecular flexibility index (Phi) is 4.80. The average molecular weight is 239 g/mol. The molecular formula is C13H25N3O. The van der Waals surface area contributed by atoms with Crippen LogP contribution in [0.5, 0.6) is 0 Å². The van der Waals surface area contributed by atoms with Crippen molar-refractivity contribution in [2.45, 2.75) is 38.6 Å². The Labute approximate surface area is 104 Å². The minimum atomic E-state index is 0.365. The van der Waals surface area contributed by atoms with Gasteiger partial charge >= 0.3 is 0 Å². The Bertz CT molecular complexity index is 251. The number of rotatable bonds is 4. The zero-order valence-electron chi connectivity index (χ0n) is 11.0. The van der Waals surface area contributed by atoms with Crippen molar-refractivity contribution in [3.05, 3.63) is 0 Å². The van der Waals surface area contributed by atoms with E-state index in [1.54, 1.807) is 0 Å². The highest BCUT2D eigenvalue weighted by Crippen LogP contribution is 2.17. The molecule has 0 radical (unpaired) electrons. The van der Waals surface area contributed by atoms with Gasteiger partial charge < -0.3 is 10.2 Å². The fraction of sp³-hybridized carbons (Fsp3) is 0.923. The van der Waals surface area contributed by atoms with Crippen molar-refractivity contribution < 1.29 is 4.79 Å². The summed E-state index contributed by atoms with van der Waals surface area (Å²) >= 11 is 0. The molecular weight excluding hydrogens is 214 g/mol. The second-order valence-electron chi connectivity index (χ2n) is 5.17. The van der Waals surface area contributed by atoms with Gasteiger partial charge in [-0.05, 0) is 12.8 Å². The lowest BCUT2D eigenvalue weighted by Crippen LogP contribution is -2.49. The highest BCUT2D eigenvalue weighted by atomic mass is 16.2. The molecule has 0 spiro atoms. The molecule has 0 saturated carbocycles. The normalized spacial score (nSPS) is 26.4. The second-order valence-corrected chi connectivity index (χ2v) is 5.17. The number of carbonyl (C=O) groups is 1. The quantitative estimate of drug-likeness (QED) is 0.784. The average Bonchev–Trinajstić information content (AvgIpc) is 2.86. The Morgan fingerprint density at radius 1 is 1.29 bits per heavy atom. The van der Waals surface area contributed by atoms with Crippen LogP contribution in [0, 0.1) is 0 Å². The number of amides is 1. The lowest BCUT2D eigenvalue weighted by molar-refractivity contribution is -0.130. The molecule has 17 heavy (non-hydrogen) atoms. The number of carbonyl (C=O) groups excluding carboxylic acids is 1. The molecule has 1 N–H and O–H groups in total. The number of likely N-dealkylation sites (tertiary alicyclic amines) is 1. The third-order valence-corrected chi connectivity index (χ3v) is 3.93. The molecule has 1 unspecified atom stereocenters. The summed E-state index contributed by atoms with van der Waals surface area (Å²) in [5.74, 6) is 0.365. The molecule has 2 aliphatic heterocycles. The number of unbranched alkanes of at least 4 members (excludes halogenated alkanes) is 1. The van der Waals surface area contributed by atoms with Gasteiger partial charge in [-0.2, -0.15) is 0 Å². The highest BCUT2D eigenvalue weighted by molar-refractivity contribution is 5.76. The molecule has 0 bridgehead atoms. The van der Waals surface area contributed by atoms with E-state index in [0.29, 0.717) is 11.9 Å². The van der Waals surface area contributed by atoms with Gasteiger partial charge in [0.25, 0.3) is 0 Å². The molecule has 2 rings (SSSR count). The van der Waals surface area contributed by atoms with Gasteiger partial charge in [-0.1, -0.05) is 13.3 Å². The van der Waals surface area contributed by atoms with Crippen molar-refractivity contribution in [3.8, 4) is 0 Å². The van der Waals surface area contributed by atoms with E-state index in [-0.39, 0.29) is 0 Å². The summed E-state index contributed by atoms with van der Waals surface area (Å²) in [5, 5.41) is 3.38. The first-order chi connectivity index (χ1) is 8.31. The van der Waals surface area contributed by atoms with Crippen molar-refractivity contribution in [3.63, 3.8) is 0 Å². The van der Waals surface area contributed by atoms with Crippen molar-refractivity contribution in [1.82, 2.24) is 15.1 Å². The molecule has 4 nitrogen and oxygen atoms in total. The smallest absolute Gasteiger partial charge is 0.222 e. The predicted molar refractivity (Wildman–Crippen MR) is 69.0 cm³/mol. The van der Waals surface area contributed by atoms with Crippen LogP contribution in [-0.4, -0.2) is 61.0 Å². The third kappa shape index (κ3) is 3.42. The molecule has 0 aliphatic carbocycles. The highest BCUT2D eigenvalue weighted by Gasteiger charge is 2.30. The summed E-state index contributed by atoms with van der Waals surface area (Å²) in [5.41, 5.74) is 0. The van der Waals surface area contributed by atoms with Crippen molar-refractivity contribution in [1.29, 1.82) is 0 Å². The van der Waals surface area contributed by atoms with Crippen LogP contribution in [0.15, 0.2) is 0 Å². The van der Waals surface area contributed by atoms with Gasteiger partial charge in [0.15, 0.2) is 0 Å². The Balaban J connectivity index is 1.76. The third-order valence-electron chi connectivity index (χ3n) is 3.93. The maximum absolute atomic E-state index is 11.9. The standard InChI is InChI=1S/C13H25N3O/c1-2-3-4-13(17)16-8-5-12(11-16)15-9-6-14-7-10-15/h12,14H,2-11H2,1H3. The van der Waals surface area contributed by atoms with E-state index in [0.717, 1.165) is 65.0 Å². The number of piperazine rings is 1. The van der Waals surface area contributed by atoms with Gasteiger partial charge in [0.1, 0.15) is 0 Å². The number of nitrogens with zero attached hydrogens (tertiary/aromatic N) is 2. The van der Waals surface area contributed by atoms with Crippen LogP contribution in [0.2, 0.25) is 0 Å². The number of hydrogen-bond donors (Lipinski definition) is 1. The Morgan fingerprint density at radius 2 is 2.06 bits per heavy atom. The predicted octanol–water partition coefficient (Wildman–Crippen LogP) is 0.683. The minimum Gasteiger partial charge on any atom is -0.341 e. The lowest BCUT2D eigenvalue weighted by atomic mass is 10.2. The molecule has 1 atom stereocenters. The molecule has 2 heterocycles. The summed E-state index contributed by atoms with van der Waals surface area (Å²) in [6.07, 6.45) is 4.05. The van der Waals surface area contributed by atoms with Crippen LogP contribution in [-0.2, 0) is 4.79 Å². The second kappa shape index (κ2) is 6.36. The van der Waals surface area contributed by atoms with E-state index in [1.165, 1.54) is 0 Å². The molecule has 1 amide bonds. The van der Waals surface area contributed by atoms with Crippen LogP contribution in [0.25, 0.3) is 0 Å². The number of hydrogen-bond acceptors (Lipinski definition) is 3. The summed E-state index contributed by atoms with van der Waals surface area (Å²) in [4.78, 5) is 16.5. The fourth-order valence-corrected chi connectivity index (χ4v) is 2.80. The van der Waals surface area contributed by atoms with Crippen LogP contribution in [0.1, 0.15) is 32.6 Å². The van der Waals surface area contributed by atoms with E-state index in [4.69, 9.17) is 0 Å². The first-order valence-electron chi connectivity index (χ1n) is 7.04. The van der Waals surface area contributed by atoms with Gasteiger partial charge in [-0.15, -0.1) is 0 Å². The summed E-state index contributed by atoms with van der Waals surface area (Å²) in [6, 6.07) is 0.614. The molecule has 0 aromatic heterocycles. The van der Waals surface area contributed by atoms with Crippen LogP contribution in [0.3, 0.4) is 0 Å². The first-order valence-corrected chi connectivity index (χ1v) is 7.04. The Hall–Kier alpha value is -0.610.